The largest absolute Gasteiger partial charge is 0.381 e. The average molecular weight is 376 g/mol. The Balaban J connectivity index is 2.13. The molecule has 0 aromatic heterocycles. The third-order valence-electron chi connectivity index (χ3n) is 3.61. The van der Waals surface area contributed by atoms with E-state index in [1.807, 2.05) is 38.1 Å². The van der Waals surface area contributed by atoms with E-state index < -0.39 is 10.0 Å². The number of halogens is 1. The molecule has 1 aromatic carbocycles. The highest BCUT2D eigenvalue weighted by atomic mass is 79.9. The van der Waals surface area contributed by atoms with Gasteiger partial charge in [-0.05, 0) is 44.4 Å². The Morgan fingerprint density at radius 1 is 1.33 bits per heavy atom. The molecule has 1 fully saturated rings. The maximum Gasteiger partial charge on any atom is 0.215 e. The molecule has 0 aliphatic carbocycles. The Morgan fingerprint density at radius 3 is 2.62 bits per heavy atom. The predicted molar refractivity (Wildman–Crippen MR) is 87.8 cm³/mol. The molecular formula is C15H22BrNO3S. The number of hydrogen-bond acceptors (Lipinski definition) is 3. The van der Waals surface area contributed by atoms with E-state index in [0.717, 1.165) is 16.5 Å². The highest BCUT2D eigenvalue weighted by molar-refractivity contribution is 9.10. The van der Waals surface area contributed by atoms with Crippen molar-refractivity contribution >= 4 is 26.0 Å². The summed E-state index contributed by atoms with van der Waals surface area (Å²) in [4.78, 5) is 0. The summed E-state index contributed by atoms with van der Waals surface area (Å²) in [5.74, 6) is -0.00354. The summed E-state index contributed by atoms with van der Waals surface area (Å²) >= 11 is 3.41. The summed E-state index contributed by atoms with van der Waals surface area (Å²) in [5, 5.41) is -0.378. The molecule has 0 amide bonds. The molecule has 1 aromatic rings. The van der Waals surface area contributed by atoms with Gasteiger partial charge in [-0.25, -0.2) is 13.1 Å². The zero-order valence-electron chi connectivity index (χ0n) is 12.4. The molecule has 118 valence electrons. The molecule has 0 radical (unpaired) electrons. The van der Waals surface area contributed by atoms with Crippen LogP contribution in [0.2, 0.25) is 0 Å². The lowest BCUT2D eigenvalue weighted by molar-refractivity contribution is 0.0569. The molecular weight excluding hydrogens is 354 g/mol. The van der Waals surface area contributed by atoms with E-state index in [-0.39, 0.29) is 17.2 Å². The van der Waals surface area contributed by atoms with Gasteiger partial charge in [-0.2, -0.15) is 0 Å². The molecule has 1 aliphatic heterocycles. The number of hydrogen-bond donors (Lipinski definition) is 1. The highest BCUT2D eigenvalue weighted by Crippen LogP contribution is 2.26. The quantitative estimate of drug-likeness (QED) is 0.860. The zero-order valence-corrected chi connectivity index (χ0v) is 14.8. The molecule has 21 heavy (non-hydrogen) atoms. The number of benzene rings is 1. The maximum absolute atomic E-state index is 12.5. The van der Waals surface area contributed by atoms with Gasteiger partial charge in [0.1, 0.15) is 0 Å². The van der Waals surface area contributed by atoms with Crippen molar-refractivity contribution in [2.45, 2.75) is 38.0 Å². The van der Waals surface area contributed by atoms with E-state index in [1.54, 1.807) is 0 Å². The van der Waals surface area contributed by atoms with Crippen molar-refractivity contribution in [1.29, 1.82) is 0 Å². The highest BCUT2D eigenvalue weighted by Gasteiger charge is 2.36. The second-order valence-electron chi connectivity index (χ2n) is 5.81. The minimum absolute atomic E-state index is 0.00354. The molecule has 1 saturated heterocycles. The van der Waals surface area contributed by atoms with Crippen LogP contribution in [0.3, 0.4) is 0 Å². The van der Waals surface area contributed by atoms with Crippen LogP contribution in [0.5, 0.6) is 0 Å². The average Bonchev–Trinajstić information content (AvgIpc) is 2.40. The SMILES string of the molecule is CC(C)NS(=O)(=O)[C@H]1CCOC[C@@H]1Cc1ccc(Br)cc1. The Hall–Kier alpha value is -0.430. The Labute approximate surface area is 135 Å². The van der Waals surface area contributed by atoms with E-state index in [0.29, 0.717) is 19.6 Å². The first-order valence-corrected chi connectivity index (χ1v) is 9.56. The van der Waals surface area contributed by atoms with Gasteiger partial charge in [-0.1, -0.05) is 28.1 Å². The van der Waals surface area contributed by atoms with Crippen molar-refractivity contribution in [3.8, 4) is 0 Å². The molecule has 0 spiro atoms. The van der Waals surface area contributed by atoms with Gasteiger partial charge in [-0.3, -0.25) is 0 Å². The van der Waals surface area contributed by atoms with Crippen LogP contribution in [-0.4, -0.2) is 32.9 Å². The van der Waals surface area contributed by atoms with E-state index in [9.17, 15) is 8.42 Å². The fraction of sp³-hybridized carbons (Fsp3) is 0.600. The summed E-state index contributed by atoms with van der Waals surface area (Å²) in [6.07, 6.45) is 1.28. The van der Waals surface area contributed by atoms with Gasteiger partial charge in [0, 0.05) is 23.0 Å². The second kappa shape index (κ2) is 7.22. The second-order valence-corrected chi connectivity index (χ2v) is 8.66. The topological polar surface area (TPSA) is 55.4 Å². The minimum Gasteiger partial charge on any atom is -0.381 e. The Morgan fingerprint density at radius 2 is 2.00 bits per heavy atom. The number of sulfonamides is 1. The van der Waals surface area contributed by atoms with Crippen LogP contribution < -0.4 is 4.72 Å². The van der Waals surface area contributed by atoms with E-state index in [1.165, 1.54) is 0 Å². The van der Waals surface area contributed by atoms with Crippen LogP contribution in [0.25, 0.3) is 0 Å². The van der Waals surface area contributed by atoms with Gasteiger partial charge >= 0.3 is 0 Å². The van der Waals surface area contributed by atoms with Crippen LogP contribution in [0, 0.1) is 5.92 Å². The minimum atomic E-state index is -3.30. The maximum atomic E-state index is 12.5. The van der Waals surface area contributed by atoms with Gasteiger partial charge < -0.3 is 4.74 Å². The van der Waals surface area contributed by atoms with Crippen molar-refractivity contribution in [1.82, 2.24) is 4.72 Å². The molecule has 6 heteroatoms. The first-order valence-electron chi connectivity index (χ1n) is 7.22. The summed E-state index contributed by atoms with van der Waals surface area (Å²) in [6, 6.07) is 7.94. The standard InChI is InChI=1S/C15H22BrNO3S/c1-11(2)17-21(18,19)15-7-8-20-10-13(15)9-12-3-5-14(16)6-4-12/h3-6,11,13,15,17H,7-10H2,1-2H3/t13-,15-/m0/s1. The van der Waals surface area contributed by atoms with Crippen molar-refractivity contribution in [2.75, 3.05) is 13.2 Å². The van der Waals surface area contributed by atoms with Gasteiger partial charge in [0.05, 0.1) is 11.9 Å². The Kier molecular flexibility index (Phi) is 5.82. The first kappa shape index (κ1) is 16.9. The molecule has 2 rings (SSSR count). The van der Waals surface area contributed by atoms with Gasteiger partial charge in [0.25, 0.3) is 0 Å². The number of ether oxygens (including phenoxy) is 1. The van der Waals surface area contributed by atoms with Crippen LogP contribution in [0.4, 0.5) is 0 Å². The first-order chi connectivity index (χ1) is 9.88. The van der Waals surface area contributed by atoms with Crippen LogP contribution >= 0.6 is 15.9 Å². The molecule has 2 atom stereocenters. The van der Waals surface area contributed by atoms with Gasteiger partial charge in [0.15, 0.2) is 0 Å². The van der Waals surface area contributed by atoms with E-state index in [4.69, 9.17) is 4.74 Å². The summed E-state index contributed by atoms with van der Waals surface area (Å²) in [7, 11) is -3.30. The number of rotatable bonds is 5. The zero-order chi connectivity index (χ0) is 15.5. The van der Waals surface area contributed by atoms with Crippen LogP contribution in [-0.2, 0) is 21.2 Å². The summed E-state index contributed by atoms with van der Waals surface area (Å²) in [5.41, 5.74) is 1.14. The van der Waals surface area contributed by atoms with E-state index in [2.05, 4.69) is 20.7 Å². The monoisotopic (exact) mass is 375 g/mol. The van der Waals surface area contributed by atoms with Gasteiger partial charge in [0.2, 0.25) is 10.0 Å². The lowest BCUT2D eigenvalue weighted by atomic mass is 9.94. The lowest BCUT2D eigenvalue weighted by Gasteiger charge is -2.32. The molecule has 0 unspecified atom stereocenters. The number of nitrogens with one attached hydrogen (secondary N) is 1. The van der Waals surface area contributed by atoms with Crippen molar-refractivity contribution in [3.05, 3.63) is 34.3 Å². The fourth-order valence-corrected chi connectivity index (χ4v) is 4.90. The lowest BCUT2D eigenvalue weighted by Crippen LogP contribution is -2.46. The third kappa shape index (κ3) is 4.77. The van der Waals surface area contributed by atoms with Gasteiger partial charge in [-0.15, -0.1) is 0 Å². The molecule has 0 saturated carbocycles. The smallest absolute Gasteiger partial charge is 0.215 e. The Bertz CT molecular complexity index is 557. The van der Waals surface area contributed by atoms with Crippen LogP contribution in [0.1, 0.15) is 25.8 Å². The molecule has 0 bridgehead atoms. The normalized spacial score (nSPS) is 23.4. The molecule has 1 aliphatic rings. The fourth-order valence-electron chi connectivity index (χ4n) is 2.72. The van der Waals surface area contributed by atoms with Crippen molar-refractivity contribution < 1.29 is 13.2 Å². The van der Waals surface area contributed by atoms with E-state index >= 15 is 0 Å². The summed E-state index contributed by atoms with van der Waals surface area (Å²) < 4.78 is 34.2. The summed E-state index contributed by atoms with van der Waals surface area (Å²) in [6.45, 7) is 4.71. The van der Waals surface area contributed by atoms with Crippen molar-refractivity contribution in [2.24, 2.45) is 5.92 Å². The van der Waals surface area contributed by atoms with Crippen molar-refractivity contribution in [3.63, 3.8) is 0 Å². The third-order valence-corrected chi connectivity index (χ3v) is 6.36. The molecule has 4 nitrogen and oxygen atoms in total. The van der Waals surface area contributed by atoms with Crippen LogP contribution in [0.15, 0.2) is 28.7 Å². The molecule has 1 heterocycles. The molecule has 1 N–H and O–H groups in total. The predicted octanol–water partition coefficient (Wildman–Crippen LogP) is 2.72.